The molecule has 5 nitrogen and oxygen atoms in total. The van der Waals surface area contributed by atoms with Crippen LogP contribution in [0.3, 0.4) is 0 Å². The first-order chi connectivity index (χ1) is 14.2. The lowest BCUT2D eigenvalue weighted by Gasteiger charge is -2.37. The maximum absolute atomic E-state index is 13.1. The van der Waals surface area contributed by atoms with Gasteiger partial charge in [-0.2, -0.15) is 0 Å². The highest BCUT2D eigenvalue weighted by molar-refractivity contribution is 5.85. The Hall–Kier alpha value is -2.08. The Balaban J connectivity index is 0.00000136. The Morgan fingerprint density at radius 1 is 1.13 bits per heavy atom. The third-order valence-corrected chi connectivity index (χ3v) is 6.82. The number of amides is 1. The van der Waals surface area contributed by atoms with Crippen LogP contribution in [0, 0.1) is 11.3 Å². The summed E-state index contributed by atoms with van der Waals surface area (Å²) in [4.78, 5) is 17.6. The Kier molecular flexibility index (Phi) is 7.63. The molecule has 0 bridgehead atoms. The molecule has 31 heavy (non-hydrogen) atoms. The summed E-state index contributed by atoms with van der Waals surface area (Å²) in [5.41, 5.74) is 4.34. The summed E-state index contributed by atoms with van der Waals surface area (Å²) in [6.07, 6.45) is 6.51. The zero-order valence-electron chi connectivity index (χ0n) is 17.5. The number of carbonyl (C=O) groups excluding carboxylic acids is 1. The van der Waals surface area contributed by atoms with Crippen LogP contribution in [0.25, 0.3) is 11.0 Å². The van der Waals surface area contributed by atoms with E-state index in [0.29, 0.717) is 12.5 Å². The summed E-state index contributed by atoms with van der Waals surface area (Å²) in [5, 5.41) is 6.71. The SMILES string of the molecule is Cl.Cl.O=C(NCc1cccc(Cn2cnc3ccccc32)c1)[C@@]12CCCC[C@H]1CNC2. The third-order valence-electron chi connectivity index (χ3n) is 6.82. The average molecular weight is 461 g/mol. The van der Waals surface area contributed by atoms with E-state index in [-0.39, 0.29) is 36.1 Å². The van der Waals surface area contributed by atoms with Gasteiger partial charge in [0, 0.05) is 19.6 Å². The fraction of sp³-hybridized carbons (Fsp3) is 0.417. The lowest BCUT2D eigenvalue weighted by molar-refractivity contribution is -0.134. The van der Waals surface area contributed by atoms with Crippen LogP contribution in [-0.2, 0) is 17.9 Å². The Morgan fingerprint density at radius 3 is 2.87 bits per heavy atom. The second kappa shape index (κ2) is 10.0. The van der Waals surface area contributed by atoms with Crippen LogP contribution in [0.4, 0.5) is 0 Å². The number of para-hydroxylation sites is 2. The van der Waals surface area contributed by atoms with Gasteiger partial charge in [-0.05, 0) is 48.6 Å². The summed E-state index contributed by atoms with van der Waals surface area (Å²) in [5.74, 6) is 0.732. The lowest BCUT2D eigenvalue weighted by atomic mass is 9.67. The molecule has 1 aromatic heterocycles. The number of rotatable bonds is 5. The zero-order chi connectivity index (χ0) is 19.7. The molecule has 0 unspecified atom stereocenters. The molecule has 2 aromatic carbocycles. The van der Waals surface area contributed by atoms with Crippen molar-refractivity contribution in [3.05, 3.63) is 66.0 Å². The van der Waals surface area contributed by atoms with E-state index in [0.717, 1.165) is 42.7 Å². The number of halogens is 2. The molecule has 2 fully saturated rings. The van der Waals surface area contributed by atoms with Gasteiger partial charge in [-0.1, -0.05) is 49.2 Å². The van der Waals surface area contributed by atoms with E-state index < -0.39 is 0 Å². The van der Waals surface area contributed by atoms with E-state index in [1.807, 2.05) is 24.5 Å². The minimum absolute atomic E-state index is 0. The average Bonchev–Trinajstić information content (AvgIpc) is 3.37. The van der Waals surface area contributed by atoms with Crippen molar-refractivity contribution in [1.82, 2.24) is 20.2 Å². The predicted molar refractivity (Wildman–Crippen MR) is 129 cm³/mol. The topological polar surface area (TPSA) is 59.0 Å². The fourth-order valence-corrected chi connectivity index (χ4v) is 5.22. The van der Waals surface area contributed by atoms with Crippen molar-refractivity contribution in [2.24, 2.45) is 11.3 Å². The smallest absolute Gasteiger partial charge is 0.228 e. The third kappa shape index (κ3) is 4.59. The van der Waals surface area contributed by atoms with Crippen molar-refractivity contribution in [2.45, 2.75) is 38.8 Å². The van der Waals surface area contributed by atoms with Crippen molar-refractivity contribution >= 4 is 41.8 Å². The van der Waals surface area contributed by atoms with Gasteiger partial charge in [0.25, 0.3) is 0 Å². The molecule has 2 N–H and O–H groups in total. The normalized spacial score (nSPS) is 22.3. The van der Waals surface area contributed by atoms with Gasteiger partial charge in [-0.25, -0.2) is 4.98 Å². The first-order valence-electron chi connectivity index (χ1n) is 10.7. The monoisotopic (exact) mass is 460 g/mol. The van der Waals surface area contributed by atoms with Crippen molar-refractivity contribution in [3.63, 3.8) is 0 Å². The van der Waals surface area contributed by atoms with Crippen LogP contribution < -0.4 is 10.6 Å². The molecule has 5 rings (SSSR count). The summed E-state index contributed by atoms with van der Waals surface area (Å²) in [7, 11) is 0. The number of hydrogen-bond donors (Lipinski definition) is 2. The molecular formula is C24H30Cl2N4O. The molecule has 1 amide bonds. The number of imidazole rings is 1. The second-order valence-electron chi connectivity index (χ2n) is 8.59. The standard InChI is InChI=1S/C24H28N4O.2ClH/c29-23(24-11-4-3-8-20(24)14-25-16-24)26-13-18-6-5-7-19(12-18)15-28-17-27-21-9-1-2-10-22(21)28;;/h1-2,5-7,9-10,12,17,20,25H,3-4,8,11,13-16H2,(H,26,29);2*1H/t20-,24+;;/m0../s1. The minimum atomic E-state index is -0.189. The quantitative estimate of drug-likeness (QED) is 0.595. The van der Waals surface area contributed by atoms with Gasteiger partial charge < -0.3 is 15.2 Å². The molecular weight excluding hydrogens is 431 g/mol. The highest BCUT2D eigenvalue weighted by atomic mass is 35.5. The zero-order valence-corrected chi connectivity index (χ0v) is 19.2. The molecule has 3 aromatic rings. The molecule has 0 radical (unpaired) electrons. The first kappa shape index (κ1) is 23.6. The number of carbonyl (C=O) groups is 1. The van der Waals surface area contributed by atoms with Crippen LogP contribution in [0.5, 0.6) is 0 Å². The van der Waals surface area contributed by atoms with Crippen molar-refractivity contribution < 1.29 is 4.79 Å². The molecule has 7 heteroatoms. The van der Waals surface area contributed by atoms with Gasteiger partial charge in [0.2, 0.25) is 5.91 Å². The molecule has 1 saturated heterocycles. The summed E-state index contributed by atoms with van der Waals surface area (Å²) in [6.45, 7) is 3.18. The fourth-order valence-electron chi connectivity index (χ4n) is 5.22. The van der Waals surface area contributed by atoms with Crippen molar-refractivity contribution in [2.75, 3.05) is 13.1 Å². The van der Waals surface area contributed by atoms with E-state index >= 15 is 0 Å². The van der Waals surface area contributed by atoms with Crippen LogP contribution >= 0.6 is 24.8 Å². The maximum Gasteiger partial charge on any atom is 0.228 e. The first-order valence-corrected chi connectivity index (χ1v) is 10.7. The van der Waals surface area contributed by atoms with Crippen LogP contribution in [0.2, 0.25) is 0 Å². The van der Waals surface area contributed by atoms with Crippen molar-refractivity contribution in [1.29, 1.82) is 0 Å². The van der Waals surface area contributed by atoms with Gasteiger partial charge >= 0.3 is 0 Å². The predicted octanol–water partition coefficient (Wildman–Crippen LogP) is 4.32. The molecule has 1 aliphatic heterocycles. The summed E-state index contributed by atoms with van der Waals surface area (Å²) in [6, 6.07) is 16.7. The van der Waals surface area contributed by atoms with Gasteiger partial charge in [-0.15, -0.1) is 24.8 Å². The lowest BCUT2D eigenvalue weighted by Crippen LogP contribution is -2.47. The van der Waals surface area contributed by atoms with E-state index in [1.165, 1.54) is 24.8 Å². The number of hydrogen-bond acceptors (Lipinski definition) is 3. The molecule has 166 valence electrons. The number of aromatic nitrogens is 2. The highest BCUT2D eigenvalue weighted by Crippen LogP contribution is 2.43. The van der Waals surface area contributed by atoms with E-state index in [2.05, 4.69) is 50.5 Å². The van der Waals surface area contributed by atoms with E-state index in [9.17, 15) is 4.79 Å². The minimum Gasteiger partial charge on any atom is -0.351 e. The number of fused-ring (bicyclic) bond motifs is 2. The van der Waals surface area contributed by atoms with Crippen LogP contribution in [-0.4, -0.2) is 28.5 Å². The van der Waals surface area contributed by atoms with Gasteiger partial charge in [0.1, 0.15) is 0 Å². The summed E-state index contributed by atoms with van der Waals surface area (Å²) >= 11 is 0. The van der Waals surface area contributed by atoms with Gasteiger partial charge in [-0.3, -0.25) is 4.79 Å². The Bertz CT molecular complexity index is 1040. The summed E-state index contributed by atoms with van der Waals surface area (Å²) < 4.78 is 2.17. The van der Waals surface area contributed by atoms with E-state index in [4.69, 9.17) is 0 Å². The van der Waals surface area contributed by atoms with Gasteiger partial charge in [0.05, 0.1) is 22.8 Å². The highest BCUT2D eigenvalue weighted by Gasteiger charge is 2.49. The second-order valence-corrected chi connectivity index (χ2v) is 8.59. The molecule has 2 atom stereocenters. The number of benzene rings is 2. The molecule has 0 spiro atoms. The number of nitrogens with zero attached hydrogens (tertiary/aromatic N) is 2. The van der Waals surface area contributed by atoms with Crippen molar-refractivity contribution in [3.8, 4) is 0 Å². The number of nitrogens with one attached hydrogen (secondary N) is 2. The molecule has 1 aliphatic carbocycles. The largest absolute Gasteiger partial charge is 0.351 e. The molecule has 1 saturated carbocycles. The maximum atomic E-state index is 13.1. The Labute approximate surface area is 195 Å². The van der Waals surface area contributed by atoms with E-state index in [1.54, 1.807) is 0 Å². The van der Waals surface area contributed by atoms with Gasteiger partial charge in [0.15, 0.2) is 0 Å². The molecule has 2 aliphatic rings. The Morgan fingerprint density at radius 2 is 1.97 bits per heavy atom. The van der Waals surface area contributed by atoms with Crippen LogP contribution in [0.1, 0.15) is 36.8 Å². The van der Waals surface area contributed by atoms with Crippen LogP contribution in [0.15, 0.2) is 54.9 Å². The molecule has 2 heterocycles.